The van der Waals surface area contributed by atoms with Crippen molar-refractivity contribution in [3.05, 3.63) is 63.8 Å². The van der Waals surface area contributed by atoms with Gasteiger partial charge in [-0.15, -0.1) is 10.2 Å². The number of aryl methyl sites for hydroxylation is 1. The summed E-state index contributed by atoms with van der Waals surface area (Å²) in [4.78, 5) is 32.1. The molecular weight excluding hydrogens is 502 g/mol. The van der Waals surface area contributed by atoms with Gasteiger partial charge in [0.25, 0.3) is 5.56 Å². The topological polar surface area (TPSA) is 179 Å². The molecule has 4 rings (SSSR count). The van der Waals surface area contributed by atoms with Crippen LogP contribution in [0.2, 0.25) is 0 Å². The number of aromatic amines is 1. The Balaban J connectivity index is 1.83. The summed E-state index contributed by atoms with van der Waals surface area (Å²) in [5.74, 6) is -0.215. The molecule has 0 spiro atoms. The molecule has 15 heteroatoms. The third kappa shape index (κ3) is 5.10. The Hall–Kier alpha value is -4.42. The fraction of sp³-hybridized carbons (Fsp3) is 0.318. The van der Waals surface area contributed by atoms with Crippen molar-refractivity contribution in [3.63, 3.8) is 0 Å². The Morgan fingerprint density at radius 3 is 2.51 bits per heavy atom. The fourth-order valence-electron chi connectivity index (χ4n) is 3.43. The highest BCUT2D eigenvalue weighted by atomic mass is 32.2. The van der Waals surface area contributed by atoms with Crippen molar-refractivity contribution in [2.45, 2.75) is 32.1 Å². The second-order valence-electron chi connectivity index (χ2n) is 7.91. The maximum Gasteiger partial charge on any atom is 0.279 e. The van der Waals surface area contributed by atoms with E-state index in [1.165, 1.54) is 21.1 Å². The standard InChI is InChI=1S/C22H23N9O5S/c1-12-9-23-18(24-10-12)17(35-4)14(3)37(33,34)30-22-29-28-19(15-8-6-7-13(2)27-15)31(22)16-20(32)25-11-26-21(16)36-5/h7,9-11,14,17H,1-5H3,(H,29,30)(H,25,26,32)/t14-,17-/m0/s1. The molecule has 0 unspecified atom stereocenters. The molecule has 14 nitrogen and oxygen atoms in total. The lowest BCUT2D eigenvalue weighted by atomic mass is 10.2. The first-order valence-electron chi connectivity index (χ1n) is 10.8. The van der Waals surface area contributed by atoms with Crippen LogP contribution in [0, 0.1) is 6.92 Å². The van der Waals surface area contributed by atoms with Crippen LogP contribution in [0.15, 0.2) is 46.0 Å². The summed E-state index contributed by atoms with van der Waals surface area (Å²) in [6.45, 7) is 4.98. The van der Waals surface area contributed by atoms with Crippen LogP contribution in [-0.2, 0) is 14.8 Å². The van der Waals surface area contributed by atoms with Crippen LogP contribution in [0.5, 0.6) is 5.88 Å². The minimum atomic E-state index is -4.21. The first-order chi connectivity index (χ1) is 17.7. The van der Waals surface area contributed by atoms with Crippen LogP contribution in [-0.4, -0.2) is 68.3 Å². The Kier molecular flexibility index (Phi) is 7.14. The number of rotatable bonds is 9. The molecule has 0 saturated carbocycles. The van der Waals surface area contributed by atoms with Gasteiger partial charge in [0, 0.05) is 31.3 Å². The summed E-state index contributed by atoms with van der Waals surface area (Å²) in [5, 5.41) is 6.89. The average Bonchev–Trinajstić information content (AvgIpc) is 3.27. The quantitative estimate of drug-likeness (QED) is 0.384. The molecule has 0 bridgehead atoms. The molecule has 0 saturated heterocycles. The lowest BCUT2D eigenvalue weighted by molar-refractivity contribution is 0.0949. The number of nitrogens with zero attached hydrogens (tertiary/aromatic N) is 7. The molecule has 2 atom stereocenters. The molecule has 1 aliphatic heterocycles. The predicted octanol–water partition coefficient (Wildman–Crippen LogP) is 1.10. The van der Waals surface area contributed by atoms with E-state index >= 15 is 0 Å². The smallest absolute Gasteiger partial charge is 0.279 e. The van der Waals surface area contributed by atoms with E-state index < -0.39 is 26.9 Å². The number of sulfonamides is 1. The number of aliphatic imine (C=N–C) groups is 1. The Bertz CT molecular complexity index is 1630. The van der Waals surface area contributed by atoms with Crippen molar-refractivity contribution in [2.75, 3.05) is 18.9 Å². The van der Waals surface area contributed by atoms with E-state index in [1.807, 2.05) is 6.92 Å². The molecule has 0 aromatic carbocycles. The van der Waals surface area contributed by atoms with E-state index in [9.17, 15) is 13.2 Å². The molecule has 37 heavy (non-hydrogen) atoms. The monoisotopic (exact) mass is 525 g/mol. The third-order valence-electron chi connectivity index (χ3n) is 5.31. The van der Waals surface area contributed by atoms with Gasteiger partial charge in [-0.1, -0.05) is 5.73 Å². The Labute approximate surface area is 211 Å². The van der Waals surface area contributed by atoms with Crippen LogP contribution in [0.4, 0.5) is 5.95 Å². The van der Waals surface area contributed by atoms with Gasteiger partial charge in [0.15, 0.2) is 23.0 Å². The van der Waals surface area contributed by atoms with E-state index in [1.54, 1.807) is 25.4 Å². The van der Waals surface area contributed by atoms with Crippen molar-refractivity contribution in [3.8, 4) is 11.6 Å². The minimum Gasteiger partial charge on any atom is -0.479 e. The number of hydrogen-bond donors (Lipinski definition) is 2. The van der Waals surface area contributed by atoms with Crippen molar-refractivity contribution < 1.29 is 17.9 Å². The summed E-state index contributed by atoms with van der Waals surface area (Å²) in [6, 6.07) is 0. The number of ether oxygens (including phenoxy) is 2. The predicted molar refractivity (Wildman–Crippen MR) is 133 cm³/mol. The van der Waals surface area contributed by atoms with Crippen molar-refractivity contribution >= 4 is 27.4 Å². The van der Waals surface area contributed by atoms with E-state index in [2.05, 4.69) is 51.3 Å². The maximum absolute atomic E-state index is 13.5. The molecule has 3 aromatic rings. The number of methoxy groups -OCH3 is 2. The van der Waals surface area contributed by atoms with E-state index in [-0.39, 0.29) is 34.9 Å². The summed E-state index contributed by atoms with van der Waals surface area (Å²) >= 11 is 0. The summed E-state index contributed by atoms with van der Waals surface area (Å²) in [7, 11) is -1.54. The molecule has 0 fully saturated rings. The highest BCUT2D eigenvalue weighted by Gasteiger charge is 2.35. The van der Waals surface area contributed by atoms with Crippen LogP contribution < -0.4 is 15.0 Å². The Morgan fingerprint density at radius 1 is 1.14 bits per heavy atom. The van der Waals surface area contributed by atoms with Crippen LogP contribution in [0.3, 0.4) is 0 Å². The fourth-order valence-corrected chi connectivity index (χ4v) is 4.56. The SMILES string of the molecule is COc1nc[nH]c(=O)c1-n1c(NS(=O)(=O)[C@@H](C)[C@H](OC)c2ncc(C)cn2)nnc1C1=C=C=CC(C)=N1. The number of hydrogen-bond acceptors (Lipinski definition) is 11. The van der Waals surface area contributed by atoms with Crippen molar-refractivity contribution in [2.24, 2.45) is 4.99 Å². The summed E-state index contributed by atoms with van der Waals surface area (Å²) < 4.78 is 41.2. The van der Waals surface area contributed by atoms with E-state index in [4.69, 9.17) is 9.47 Å². The van der Waals surface area contributed by atoms with Gasteiger partial charge >= 0.3 is 0 Å². The number of H-pyrrole nitrogens is 1. The van der Waals surface area contributed by atoms with Crippen LogP contribution >= 0.6 is 0 Å². The largest absolute Gasteiger partial charge is 0.479 e. The number of allylic oxidation sites excluding steroid dienone is 1. The summed E-state index contributed by atoms with van der Waals surface area (Å²) in [5.41, 5.74) is 6.35. The van der Waals surface area contributed by atoms with Gasteiger partial charge < -0.3 is 14.5 Å². The van der Waals surface area contributed by atoms with Crippen molar-refractivity contribution in [1.82, 2.24) is 34.7 Å². The van der Waals surface area contributed by atoms with Gasteiger partial charge in [-0.2, -0.15) is 0 Å². The zero-order valence-corrected chi connectivity index (χ0v) is 21.4. The molecule has 192 valence electrons. The van der Waals surface area contributed by atoms with E-state index in [0.717, 1.165) is 16.5 Å². The van der Waals surface area contributed by atoms with Gasteiger partial charge in [0.2, 0.25) is 21.9 Å². The lowest BCUT2D eigenvalue weighted by Gasteiger charge is -2.22. The first-order valence-corrected chi connectivity index (χ1v) is 12.4. The molecule has 0 radical (unpaired) electrons. The molecule has 1 aliphatic rings. The lowest BCUT2D eigenvalue weighted by Crippen LogP contribution is -2.34. The zero-order valence-electron chi connectivity index (χ0n) is 20.5. The number of nitrogens with one attached hydrogen (secondary N) is 2. The molecule has 3 aromatic heterocycles. The molecular formula is C22H23N9O5S. The third-order valence-corrected chi connectivity index (χ3v) is 7.00. The zero-order chi connectivity index (χ0) is 26.7. The average molecular weight is 526 g/mol. The molecule has 0 aliphatic carbocycles. The highest BCUT2D eigenvalue weighted by molar-refractivity contribution is 7.93. The molecule has 0 amide bonds. The number of anilines is 1. The van der Waals surface area contributed by atoms with Gasteiger partial charge in [-0.3, -0.25) is 9.52 Å². The first kappa shape index (κ1) is 25.7. The second kappa shape index (κ2) is 10.3. The van der Waals surface area contributed by atoms with Crippen LogP contribution in [0.25, 0.3) is 11.4 Å². The van der Waals surface area contributed by atoms with Crippen LogP contribution in [0.1, 0.15) is 37.2 Å². The second-order valence-corrected chi connectivity index (χ2v) is 9.95. The van der Waals surface area contributed by atoms with Gasteiger partial charge in [-0.25, -0.2) is 32.9 Å². The highest BCUT2D eigenvalue weighted by Crippen LogP contribution is 2.29. The molecule has 4 heterocycles. The minimum absolute atomic E-state index is 0.00672. The van der Waals surface area contributed by atoms with Crippen molar-refractivity contribution in [1.29, 1.82) is 0 Å². The maximum atomic E-state index is 13.5. The van der Waals surface area contributed by atoms with Gasteiger partial charge in [0.1, 0.15) is 11.4 Å². The van der Waals surface area contributed by atoms with E-state index in [0.29, 0.717) is 5.71 Å². The normalized spacial score (nSPS) is 14.6. The Morgan fingerprint density at radius 2 is 1.86 bits per heavy atom. The summed E-state index contributed by atoms with van der Waals surface area (Å²) in [6.07, 6.45) is 4.87. The van der Waals surface area contributed by atoms with Gasteiger partial charge in [0.05, 0.1) is 13.4 Å². The van der Waals surface area contributed by atoms with Gasteiger partial charge in [-0.05, 0) is 32.1 Å². The number of aromatic nitrogens is 7. The molecule has 2 N–H and O–H groups in total.